The number of carbonyl (C=O) groups excluding carboxylic acids is 2. The van der Waals surface area contributed by atoms with Gasteiger partial charge in [0.25, 0.3) is 5.56 Å². The van der Waals surface area contributed by atoms with Gasteiger partial charge in [-0.1, -0.05) is 30.3 Å². The van der Waals surface area contributed by atoms with E-state index in [1.54, 1.807) is 12.1 Å². The topological polar surface area (TPSA) is 104 Å². The minimum absolute atomic E-state index is 0.132. The molecule has 3 aromatic rings. The fourth-order valence-electron chi connectivity index (χ4n) is 2.49. The van der Waals surface area contributed by atoms with Crippen LogP contribution in [0.2, 0.25) is 0 Å². The molecular weight excluding hydrogens is 341 g/mol. The van der Waals surface area contributed by atoms with Crippen LogP contribution in [0, 0.1) is 5.82 Å². The van der Waals surface area contributed by atoms with Crippen LogP contribution in [0.1, 0.15) is 16.1 Å². The van der Waals surface area contributed by atoms with Gasteiger partial charge in [0.15, 0.2) is 0 Å². The van der Waals surface area contributed by atoms with Crippen molar-refractivity contribution in [3.8, 4) is 0 Å². The molecule has 1 aromatic heterocycles. The number of aromatic nitrogens is 2. The number of halogens is 1. The molecule has 132 valence electrons. The van der Waals surface area contributed by atoms with Crippen LogP contribution < -0.4 is 16.0 Å². The first-order valence-corrected chi connectivity index (χ1v) is 7.68. The predicted octanol–water partition coefficient (Wildman–Crippen LogP) is 0.215. The maximum atomic E-state index is 12.9. The van der Waals surface area contributed by atoms with E-state index in [2.05, 4.69) is 10.4 Å². The number of benzene rings is 2. The third-order valence-corrected chi connectivity index (χ3v) is 3.76. The zero-order valence-electron chi connectivity index (χ0n) is 13.4. The van der Waals surface area contributed by atoms with E-state index in [1.165, 1.54) is 36.4 Å². The molecule has 0 aliphatic rings. The van der Waals surface area contributed by atoms with Gasteiger partial charge in [-0.15, -0.1) is 0 Å². The number of carboxylic acid groups (broad SMARTS) is 1. The Morgan fingerprint density at radius 3 is 2.38 bits per heavy atom. The lowest BCUT2D eigenvalue weighted by Gasteiger charge is -2.11. The highest BCUT2D eigenvalue weighted by Gasteiger charge is 2.13. The molecule has 0 bridgehead atoms. The van der Waals surface area contributed by atoms with Gasteiger partial charge in [0.05, 0.1) is 11.4 Å². The van der Waals surface area contributed by atoms with Crippen molar-refractivity contribution in [3.05, 3.63) is 76.0 Å². The highest BCUT2D eigenvalue weighted by atomic mass is 19.1. The Kier molecular flexibility index (Phi) is 4.74. The van der Waals surface area contributed by atoms with Crippen molar-refractivity contribution in [2.75, 3.05) is 0 Å². The van der Waals surface area contributed by atoms with Gasteiger partial charge in [0, 0.05) is 11.9 Å². The van der Waals surface area contributed by atoms with Crippen molar-refractivity contribution in [2.24, 2.45) is 0 Å². The number of carboxylic acids is 1. The second-order valence-electron chi connectivity index (χ2n) is 5.55. The van der Waals surface area contributed by atoms with Crippen molar-refractivity contribution in [3.63, 3.8) is 0 Å². The van der Waals surface area contributed by atoms with Crippen LogP contribution in [-0.2, 0) is 17.9 Å². The molecule has 0 aliphatic carbocycles. The number of amides is 1. The molecule has 3 rings (SSSR count). The third kappa shape index (κ3) is 3.59. The monoisotopic (exact) mass is 354 g/mol. The molecule has 0 saturated heterocycles. The minimum Gasteiger partial charge on any atom is -0.543 e. The van der Waals surface area contributed by atoms with Gasteiger partial charge in [0.1, 0.15) is 18.1 Å². The van der Waals surface area contributed by atoms with E-state index in [9.17, 15) is 23.9 Å². The van der Waals surface area contributed by atoms with E-state index in [0.717, 1.165) is 4.68 Å². The third-order valence-electron chi connectivity index (χ3n) is 3.76. The Bertz CT molecular complexity index is 1040. The molecule has 0 spiro atoms. The summed E-state index contributed by atoms with van der Waals surface area (Å²) in [7, 11) is 0. The number of rotatable bonds is 5. The Hall–Kier alpha value is -3.55. The van der Waals surface area contributed by atoms with Crippen molar-refractivity contribution < 1.29 is 19.1 Å². The summed E-state index contributed by atoms with van der Waals surface area (Å²) in [5.74, 6) is -2.47. The van der Waals surface area contributed by atoms with E-state index in [0.29, 0.717) is 5.56 Å². The molecule has 26 heavy (non-hydrogen) atoms. The highest BCUT2D eigenvalue weighted by Crippen LogP contribution is 2.12. The second-order valence-corrected chi connectivity index (χ2v) is 5.55. The first-order valence-electron chi connectivity index (χ1n) is 7.68. The van der Waals surface area contributed by atoms with Gasteiger partial charge in [-0.3, -0.25) is 9.59 Å². The molecule has 1 N–H and O–H groups in total. The predicted molar refractivity (Wildman–Crippen MR) is 88.6 cm³/mol. The summed E-state index contributed by atoms with van der Waals surface area (Å²) in [6.07, 6.45) is 0. The van der Waals surface area contributed by atoms with Gasteiger partial charge < -0.3 is 15.2 Å². The number of nitrogens with one attached hydrogen (secondary N) is 1. The SMILES string of the molecule is O=C(Cn1nc(C(=O)[O-])c2ccccc2c1=O)NCc1ccc(F)cc1. The minimum atomic E-state index is -1.54. The summed E-state index contributed by atoms with van der Waals surface area (Å²) in [5.41, 5.74) is -0.317. The Morgan fingerprint density at radius 2 is 1.73 bits per heavy atom. The molecule has 0 saturated carbocycles. The normalized spacial score (nSPS) is 10.7. The molecule has 7 nitrogen and oxygen atoms in total. The molecule has 8 heteroatoms. The van der Waals surface area contributed by atoms with Crippen LogP contribution in [-0.4, -0.2) is 21.7 Å². The van der Waals surface area contributed by atoms with Gasteiger partial charge in [0.2, 0.25) is 5.91 Å². The van der Waals surface area contributed by atoms with Crippen molar-refractivity contribution in [2.45, 2.75) is 13.1 Å². The van der Waals surface area contributed by atoms with Crippen molar-refractivity contribution in [1.82, 2.24) is 15.1 Å². The van der Waals surface area contributed by atoms with E-state index in [4.69, 9.17) is 0 Å². The van der Waals surface area contributed by atoms with Crippen LogP contribution in [0.15, 0.2) is 53.3 Å². The molecule has 0 atom stereocenters. The summed E-state index contributed by atoms with van der Waals surface area (Å²) in [5, 5.41) is 17.9. The summed E-state index contributed by atoms with van der Waals surface area (Å²) >= 11 is 0. The Labute approximate surface area is 146 Å². The van der Waals surface area contributed by atoms with Gasteiger partial charge in [-0.2, -0.15) is 5.10 Å². The average Bonchev–Trinajstić information content (AvgIpc) is 2.63. The van der Waals surface area contributed by atoms with Crippen LogP contribution in [0.25, 0.3) is 10.8 Å². The lowest BCUT2D eigenvalue weighted by molar-refractivity contribution is -0.255. The summed E-state index contributed by atoms with van der Waals surface area (Å²) in [4.78, 5) is 35.8. The molecule has 1 heterocycles. The van der Waals surface area contributed by atoms with Crippen molar-refractivity contribution in [1.29, 1.82) is 0 Å². The van der Waals surface area contributed by atoms with Crippen LogP contribution >= 0.6 is 0 Å². The summed E-state index contributed by atoms with van der Waals surface area (Å²) in [6, 6.07) is 11.6. The lowest BCUT2D eigenvalue weighted by Crippen LogP contribution is -2.36. The number of aromatic carboxylic acids is 1. The van der Waals surface area contributed by atoms with E-state index in [-0.39, 0.29) is 23.1 Å². The molecule has 0 unspecified atom stereocenters. The van der Waals surface area contributed by atoms with Gasteiger partial charge >= 0.3 is 0 Å². The zero-order chi connectivity index (χ0) is 18.7. The maximum absolute atomic E-state index is 12.9. The fourth-order valence-corrected chi connectivity index (χ4v) is 2.49. The van der Waals surface area contributed by atoms with E-state index in [1.807, 2.05) is 0 Å². The molecule has 1 amide bonds. The Morgan fingerprint density at radius 1 is 1.08 bits per heavy atom. The van der Waals surface area contributed by atoms with Crippen molar-refractivity contribution >= 4 is 22.6 Å². The largest absolute Gasteiger partial charge is 0.543 e. The fraction of sp³-hybridized carbons (Fsp3) is 0.111. The Balaban J connectivity index is 1.82. The van der Waals surface area contributed by atoms with Gasteiger partial charge in [-0.05, 0) is 23.8 Å². The number of fused-ring (bicyclic) bond motifs is 1. The van der Waals surface area contributed by atoms with Gasteiger partial charge in [-0.25, -0.2) is 9.07 Å². The molecule has 2 aromatic carbocycles. The summed E-state index contributed by atoms with van der Waals surface area (Å²) < 4.78 is 13.6. The standard InChI is InChI=1S/C18H14FN3O4/c19-12-7-5-11(6-8-12)9-20-15(23)10-22-17(24)14-4-2-1-3-13(14)16(21-22)18(25)26/h1-8H,9-10H2,(H,20,23)(H,25,26)/p-1. The molecule has 0 aliphatic heterocycles. The highest BCUT2D eigenvalue weighted by molar-refractivity contribution is 6.00. The zero-order valence-corrected chi connectivity index (χ0v) is 13.4. The molecule has 0 radical (unpaired) electrons. The number of hydrogen-bond donors (Lipinski definition) is 1. The van der Waals surface area contributed by atoms with E-state index < -0.39 is 29.7 Å². The number of carbonyl (C=O) groups is 2. The van der Waals surface area contributed by atoms with Crippen LogP contribution in [0.4, 0.5) is 4.39 Å². The maximum Gasteiger partial charge on any atom is 0.275 e. The number of nitrogens with zero attached hydrogens (tertiary/aromatic N) is 2. The smallest absolute Gasteiger partial charge is 0.275 e. The van der Waals surface area contributed by atoms with E-state index >= 15 is 0 Å². The summed E-state index contributed by atoms with van der Waals surface area (Å²) in [6.45, 7) is -0.320. The average molecular weight is 354 g/mol. The second kappa shape index (κ2) is 7.14. The quantitative estimate of drug-likeness (QED) is 0.706. The first-order chi connectivity index (χ1) is 12.5. The molecular formula is C18H13FN3O4-. The van der Waals surface area contributed by atoms with Crippen LogP contribution in [0.5, 0.6) is 0 Å². The lowest BCUT2D eigenvalue weighted by atomic mass is 10.1. The molecule has 0 fully saturated rings. The number of hydrogen-bond acceptors (Lipinski definition) is 5. The van der Waals surface area contributed by atoms with Crippen LogP contribution in [0.3, 0.4) is 0 Å². The first kappa shape index (κ1) is 17.3.